The van der Waals surface area contributed by atoms with Crippen molar-refractivity contribution in [3.8, 4) is 22.6 Å². The Morgan fingerprint density at radius 2 is 1.60 bits per heavy atom. The number of likely N-dealkylation sites (N-methyl/N-ethyl adjacent to an activating group) is 1. The average Bonchev–Trinajstić information content (AvgIpc) is 2.79. The van der Waals surface area contributed by atoms with Crippen molar-refractivity contribution in [2.75, 3.05) is 26.6 Å². The molecule has 1 amide bonds. The first kappa shape index (κ1) is 21.4. The third kappa shape index (κ3) is 4.99. The number of hydrogen-bond acceptors (Lipinski definition) is 3. The molecular formula is C25H29N2O3+. The van der Waals surface area contributed by atoms with E-state index >= 15 is 0 Å². The van der Waals surface area contributed by atoms with Gasteiger partial charge in [0.15, 0.2) is 17.5 Å². The predicted molar refractivity (Wildman–Crippen MR) is 120 cm³/mol. The lowest BCUT2D eigenvalue weighted by Crippen LogP contribution is -3.12. The van der Waals surface area contributed by atoms with Crippen molar-refractivity contribution in [2.24, 2.45) is 0 Å². The van der Waals surface area contributed by atoms with E-state index in [2.05, 4.69) is 5.32 Å². The summed E-state index contributed by atoms with van der Waals surface area (Å²) in [7, 11) is 5.26. The zero-order valence-corrected chi connectivity index (χ0v) is 17.9. The maximum atomic E-state index is 13.0. The smallest absolute Gasteiger partial charge is 0.282 e. The van der Waals surface area contributed by atoms with Gasteiger partial charge in [-0.05, 0) is 36.8 Å². The molecular weight excluding hydrogens is 376 g/mol. The van der Waals surface area contributed by atoms with Crippen LogP contribution in [0.3, 0.4) is 0 Å². The summed E-state index contributed by atoms with van der Waals surface area (Å²) in [5.74, 6) is 1.37. The number of nitrogens with one attached hydrogen (secondary N) is 2. The van der Waals surface area contributed by atoms with Crippen molar-refractivity contribution in [1.29, 1.82) is 0 Å². The van der Waals surface area contributed by atoms with E-state index in [9.17, 15) is 4.79 Å². The number of ether oxygens (including phenoxy) is 2. The Labute approximate surface area is 178 Å². The van der Waals surface area contributed by atoms with E-state index in [1.54, 1.807) is 14.2 Å². The zero-order valence-electron chi connectivity index (χ0n) is 17.9. The van der Waals surface area contributed by atoms with E-state index in [-0.39, 0.29) is 11.9 Å². The number of benzene rings is 3. The van der Waals surface area contributed by atoms with Gasteiger partial charge in [0.2, 0.25) is 0 Å². The third-order valence-corrected chi connectivity index (χ3v) is 5.33. The summed E-state index contributed by atoms with van der Waals surface area (Å²) >= 11 is 0. The Hall–Kier alpha value is -3.31. The second-order valence-corrected chi connectivity index (χ2v) is 7.34. The Morgan fingerprint density at radius 3 is 2.30 bits per heavy atom. The van der Waals surface area contributed by atoms with Crippen molar-refractivity contribution in [3.05, 3.63) is 78.4 Å². The number of carbonyl (C=O) groups excluding carboxylic acids is 1. The average molecular weight is 406 g/mol. The summed E-state index contributed by atoms with van der Waals surface area (Å²) in [6.07, 6.45) is 0. The number of methoxy groups -OCH3 is 2. The molecule has 3 aromatic rings. The first-order valence-corrected chi connectivity index (χ1v) is 10.0. The van der Waals surface area contributed by atoms with Gasteiger partial charge in [0.05, 0.1) is 21.3 Å². The van der Waals surface area contributed by atoms with Crippen LogP contribution in [0.1, 0.15) is 12.5 Å². The molecule has 2 N–H and O–H groups in total. The molecule has 0 aromatic heterocycles. The number of quaternary nitrogens is 1. The van der Waals surface area contributed by atoms with Crippen LogP contribution in [-0.4, -0.2) is 33.2 Å². The molecule has 0 saturated carbocycles. The topological polar surface area (TPSA) is 52.0 Å². The highest BCUT2D eigenvalue weighted by atomic mass is 16.5. The highest BCUT2D eigenvalue weighted by Gasteiger charge is 2.23. The number of carbonyl (C=O) groups is 1. The van der Waals surface area contributed by atoms with Gasteiger partial charge in [0, 0.05) is 16.8 Å². The summed E-state index contributed by atoms with van der Waals surface area (Å²) in [5.41, 5.74) is 3.98. The molecule has 3 rings (SSSR count). The maximum Gasteiger partial charge on any atom is 0.282 e. The van der Waals surface area contributed by atoms with Gasteiger partial charge >= 0.3 is 0 Å². The van der Waals surface area contributed by atoms with Crippen LogP contribution < -0.4 is 19.7 Å². The van der Waals surface area contributed by atoms with E-state index in [1.807, 2.05) is 86.8 Å². The van der Waals surface area contributed by atoms with Crippen LogP contribution in [0.4, 0.5) is 5.69 Å². The van der Waals surface area contributed by atoms with Crippen molar-refractivity contribution in [1.82, 2.24) is 0 Å². The second-order valence-electron chi connectivity index (χ2n) is 7.34. The van der Waals surface area contributed by atoms with E-state index in [0.717, 1.165) is 27.3 Å². The van der Waals surface area contributed by atoms with Gasteiger partial charge in [-0.1, -0.05) is 48.5 Å². The van der Waals surface area contributed by atoms with Crippen LogP contribution in [0.5, 0.6) is 11.5 Å². The minimum atomic E-state index is -0.234. The molecule has 156 valence electrons. The number of para-hydroxylation sites is 1. The first-order chi connectivity index (χ1) is 14.5. The SMILES string of the molecule is COc1ccc(C[NH+](C)[C@H](C)C(=O)Nc2ccccc2-c2ccccc2)cc1OC. The standard InChI is InChI=1S/C25H28N2O3/c1-18(27(2)17-19-14-15-23(29-3)24(16-19)30-4)25(28)26-22-13-9-8-12-21(22)20-10-6-5-7-11-20/h5-16,18H,17H2,1-4H3,(H,26,28)/p+1/t18-/m1/s1. The minimum absolute atomic E-state index is 0.0173. The molecule has 1 unspecified atom stereocenters. The molecule has 0 heterocycles. The van der Waals surface area contributed by atoms with Crippen LogP contribution in [-0.2, 0) is 11.3 Å². The van der Waals surface area contributed by atoms with E-state index in [1.165, 1.54) is 0 Å². The van der Waals surface area contributed by atoms with Crippen molar-refractivity contribution in [2.45, 2.75) is 19.5 Å². The van der Waals surface area contributed by atoms with Crippen LogP contribution in [0.25, 0.3) is 11.1 Å². The van der Waals surface area contributed by atoms with Crippen LogP contribution >= 0.6 is 0 Å². The van der Waals surface area contributed by atoms with E-state index < -0.39 is 0 Å². The molecule has 0 aliphatic rings. The fraction of sp³-hybridized carbons (Fsp3) is 0.240. The molecule has 0 saturated heterocycles. The fourth-order valence-corrected chi connectivity index (χ4v) is 3.39. The lowest BCUT2D eigenvalue weighted by Gasteiger charge is -2.22. The Balaban J connectivity index is 1.71. The predicted octanol–water partition coefficient (Wildman–Crippen LogP) is 3.41. The number of amides is 1. The number of anilines is 1. The number of hydrogen-bond donors (Lipinski definition) is 2. The third-order valence-electron chi connectivity index (χ3n) is 5.33. The zero-order chi connectivity index (χ0) is 21.5. The largest absolute Gasteiger partial charge is 0.493 e. The van der Waals surface area contributed by atoms with Gasteiger partial charge in [-0.15, -0.1) is 0 Å². The second kappa shape index (κ2) is 9.94. The molecule has 5 heteroatoms. The van der Waals surface area contributed by atoms with Crippen molar-refractivity contribution < 1.29 is 19.2 Å². The van der Waals surface area contributed by atoms with Gasteiger partial charge < -0.3 is 19.7 Å². The summed E-state index contributed by atoms with van der Waals surface area (Å²) in [4.78, 5) is 14.1. The van der Waals surface area contributed by atoms with Gasteiger partial charge in [-0.2, -0.15) is 0 Å². The van der Waals surface area contributed by atoms with Crippen LogP contribution in [0, 0.1) is 0 Å². The van der Waals surface area contributed by atoms with Crippen LogP contribution in [0.15, 0.2) is 72.8 Å². The quantitative estimate of drug-likeness (QED) is 0.604. The van der Waals surface area contributed by atoms with Gasteiger partial charge in [-0.3, -0.25) is 4.79 Å². The van der Waals surface area contributed by atoms with Crippen molar-refractivity contribution in [3.63, 3.8) is 0 Å². The molecule has 0 radical (unpaired) electrons. The molecule has 3 aromatic carbocycles. The van der Waals surface area contributed by atoms with E-state index in [0.29, 0.717) is 18.0 Å². The molecule has 0 fully saturated rings. The highest BCUT2D eigenvalue weighted by molar-refractivity contribution is 5.97. The van der Waals surface area contributed by atoms with Crippen LogP contribution in [0.2, 0.25) is 0 Å². The minimum Gasteiger partial charge on any atom is -0.493 e. The Bertz CT molecular complexity index is 989. The normalized spacial score (nSPS) is 12.7. The summed E-state index contributed by atoms with van der Waals surface area (Å²) in [6, 6.07) is 23.6. The summed E-state index contributed by atoms with van der Waals surface area (Å²) in [6.45, 7) is 2.63. The van der Waals surface area contributed by atoms with Crippen molar-refractivity contribution >= 4 is 11.6 Å². The first-order valence-electron chi connectivity index (χ1n) is 10.0. The van der Waals surface area contributed by atoms with E-state index in [4.69, 9.17) is 9.47 Å². The molecule has 0 bridgehead atoms. The summed E-state index contributed by atoms with van der Waals surface area (Å²) < 4.78 is 10.7. The van der Waals surface area contributed by atoms with Gasteiger partial charge in [-0.25, -0.2) is 0 Å². The Kier molecular flexibility index (Phi) is 7.09. The maximum absolute atomic E-state index is 13.0. The van der Waals surface area contributed by atoms with Gasteiger partial charge in [0.25, 0.3) is 5.91 Å². The lowest BCUT2D eigenvalue weighted by atomic mass is 10.0. The van der Waals surface area contributed by atoms with Gasteiger partial charge in [0.1, 0.15) is 6.54 Å². The monoisotopic (exact) mass is 405 g/mol. The molecule has 30 heavy (non-hydrogen) atoms. The fourth-order valence-electron chi connectivity index (χ4n) is 3.39. The molecule has 0 aliphatic carbocycles. The Morgan fingerprint density at radius 1 is 0.933 bits per heavy atom. The lowest BCUT2D eigenvalue weighted by molar-refractivity contribution is -0.907. The molecule has 0 spiro atoms. The molecule has 5 nitrogen and oxygen atoms in total. The number of rotatable bonds is 8. The highest BCUT2D eigenvalue weighted by Crippen LogP contribution is 2.28. The summed E-state index contributed by atoms with van der Waals surface area (Å²) in [5, 5.41) is 3.11. The molecule has 0 aliphatic heterocycles. The molecule has 2 atom stereocenters.